The van der Waals surface area contributed by atoms with Crippen molar-refractivity contribution in [2.75, 3.05) is 5.32 Å². The third-order valence-electron chi connectivity index (χ3n) is 5.64. The molecule has 1 aliphatic carbocycles. The van der Waals surface area contributed by atoms with Crippen LogP contribution in [0.15, 0.2) is 53.6 Å². The number of hydrogen-bond donors (Lipinski definition) is 3. The van der Waals surface area contributed by atoms with Crippen LogP contribution in [0, 0.1) is 0 Å². The molecule has 0 atom stereocenters. The third kappa shape index (κ3) is 5.28. The number of halogens is 3. The van der Waals surface area contributed by atoms with Gasteiger partial charge in [-0.05, 0) is 62.1 Å². The number of primary sulfonamides is 1. The average Bonchev–Trinajstić information content (AvgIpc) is 3.21. The SMILES string of the molecule is NS(=O)(=O)c1ccc(C(=O)NC2CCC(Nc3cccc4nc(C(F)(F)F)cn34)CC2)cc1. The lowest BCUT2D eigenvalue weighted by Gasteiger charge is -2.30. The van der Waals surface area contributed by atoms with Gasteiger partial charge in [-0.1, -0.05) is 6.07 Å². The van der Waals surface area contributed by atoms with Crippen molar-refractivity contribution in [1.29, 1.82) is 0 Å². The Hall–Kier alpha value is -3.12. The minimum Gasteiger partial charge on any atom is -0.368 e. The molecule has 0 saturated heterocycles. The Kier molecular flexibility index (Phi) is 6.06. The van der Waals surface area contributed by atoms with Crippen molar-refractivity contribution in [3.05, 3.63) is 59.9 Å². The number of hydrogen-bond acceptors (Lipinski definition) is 5. The van der Waals surface area contributed by atoms with E-state index >= 15 is 0 Å². The van der Waals surface area contributed by atoms with Gasteiger partial charge in [-0.15, -0.1) is 0 Å². The molecule has 8 nitrogen and oxygen atoms in total. The average molecular weight is 482 g/mol. The zero-order valence-corrected chi connectivity index (χ0v) is 18.2. The first-order chi connectivity index (χ1) is 15.5. The summed E-state index contributed by atoms with van der Waals surface area (Å²) in [5.41, 5.74) is -0.406. The van der Waals surface area contributed by atoms with Crippen molar-refractivity contribution < 1.29 is 26.4 Å². The maximum absolute atomic E-state index is 13.0. The molecule has 1 aliphatic rings. The van der Waals surface area contributed by atoms with Gasteiger partial charge in [0.1, 0.15) is 11.5 Å². The first-order valence-corrected chi connectivity index (χ1v) is 11.8. The van der Waals surface area contributed by atoms with E-state index in [0.29, 0.717) is 37.1 Å². The molecule has 33 heavy (non-hydrogen) atoms. The highest BCUT2D eigenvalue weighted by atomic mass is 32.2. The number of nitrogens with two attached hydrogens (primary N) is 1. The Morgan fingerprint density at radius 2 is 1.67 bits per heavy atom. The molecule has 4 N–H and O–H groups in total. The standard InChI is InChI=1S/C21H22F3N5O3S/c22-21(23,24)17-12-29-18(2-1-3-19(29)28-17)26-14-6-8-15(9-7-14)27-20(30)13-4-10-16(11-5-13)33(25,31)32/h1-5,10-12,14-15,26H,6-9H2,(H,27,30)(H2,25,31,32). The van der Waals surface area contributed by atoms with Crippen LogP contribution >= 0.6 is 0 Å². The molecule has 12 heteroatoms. The molecule has 2 aromatic heterocycles. The Morgan fingerprint density at radius 3 is 2.27 bits per heavy atom. The van der Waals surface area contributed by atoms with Crippen molar-refractivity contribution in [2.45, 2.75) is 48.8 Å². The van der Waals surface area contributed by atoms with Gasteiger partial charge in [-0.3, -0.25) is 9.20 Å². The van der Waals surface area contributed by atoms with Gasteiger partial charge in [-0.2, -0.15) is 13.2 Å². The lowest BCUT2D eigenvalue weighted by molar-refractivity contribution is -0.140. The van der Waals surface area contributed by atoms with Crippen LogP contribution < -0.4 is 15.8 Å². The molecule has 0 radical (unpaired) electrons. The number of fused-ring (bicyclic) bond motifs is 1. The summed E-state index contributed by atoms with van der Waals surface area (Å²) in [6.07, 6.45) is -0.735. The topological polar surface area (TPSA) is 119 Å². The number of benzene rings is 1. The van der Waals surface area contributed by atoms with Crippen molar-refractivity contribution >= 4 is 27.4 Å². The number of sulfonamides is 1. The molecule has 176 valence electrons. The third-order valence-corrected chi connectivity index (χ3v) is 6.57. The summed E-state index contributed by atoms with van der Waals surface area (Å²) in [5.74, 6) is 0.216. The number of alkyl halides is 3. The number of nitrogens with one attached hydrogen (secondary N) is 2. The Balaban J connectivity index is 1.35. The van der Waals surface area contributed by atoms with Crippen LogP contribution in [0.25, 0.3) is 5.65 Å². The van der Waals surface area contributed by atoms with Crippen LogP contribution in [0.1, 0.15) is 41.7 Å². The van der Waals surface area contributed by atoms with Crippen LogP contribution in [0.2, 0.25) is 0 Å². The van der Waals surface area contributed by atoms with Crippen LogP contribution in [0.4, 0.5) is 19.0 Å². The number of rotatable bonds is 5. The fraction of sp³-hybridized carbons (Fsp3) is 0.333. The molecule has 0 spiro atoms. The largest absolute Gasteiger partial charge is 0.434 e. The first kappa shape index (κ1) is 23.1. The Bertz CT molecular complexity index is 1260. The maximum Gasteiger partial charge on any atom is 0.434 e. The van der Waals surface area contributed by atoms with E-state index in [0.717, 1.165) is 6.20 Å². The van der Waals surface area contributed by atoms with Crippen molar-refractivity contribution in [3.8, 4) is 0 Å². The fourth-order valence-corrected chi connectivity index (χ4v) is 4.44. The highest BCUT2D eigenvalue weighted by Crippen LogP contribution is 2.30. The summed E-state index contributed by atoms with van der Waals surface area (Å²) < 4.78 is 63.0. The number of carbonyl (C=O) groups is 1. The number of pyridine rings is 1. The van der Waals surface area contributed by atoms with E-state index in [1.165, 1.54) is 34.7 Å². The van der Waals surface area contributed by atoms with E-state index in [-0.39, 0.29) is 28.5 Å². The van der Waals surface area contributed by atoms with Crippen LogP contribution in [-0.4, -0.2) is 35.8 Å². The van der Waals surface area contributed by atoms with E-state index < -0.39 is 21.9 Å². The molecule has 0 aliphatic heterocycles. The van der Waals surface area contributed by atoms with Gasteiger partial charge < -0.3 is 10.6 Å². The summed E-state index contributed by atoms with van der Waals surface area (Å²) in [4.78, 5) is 16.0. The number of aromatic nitrogens is 2. The minimum absolute atomic E-state index is 0.0366. The first-order valence-electron chi connectivity index (χ1n) is 10.3. The van der Waals surface area contributed by atoms with Crippen molar-refractivity contribution in [1.82, 2.24) is 14.7 Å². The second kappa shape index (κ2) is 8.67. The predicted octanol–water partition coefficient (Wildman–Crippen LogP) is 3.15. The predicted molar refractivity (Wildman–Crippen MR) is 115 cm³/mol. The molecule has 4 rings (SSSR count). The number of anilines is 1. The Labute approximate surface area is 188 Å². The van der Waals surface area contributed by atoms with E-state index in [1.54, 1.807) is 12.1 Å². The quantitative estimate of drug-likeness (QED) is 0.517. The molecule has 0 bridgehead atoms. The molecule has 1 amide bonds. The van der Waals surface area contributed by atoms with Crippen LogP contribution in [0.3, 0.4) is 0 Å². The lowest BCUT2D eigenvalue weighted by atomic mass is 9.91. The van der Waals surface area contributed by atoms with Gasteiger partial charge in [-0.25, -0.2) is 18.5 Å². The Morgan fingerprint density at radius 1 is 1.03 bits per heavy atom. The van der Waals surface area contributed by atoms with E-state index in [9.17, 15) is 26.4 Å². The van der Waals surface area contributed by atoms with E-state index in [2.05, 4.69) is 15.6 Å². The number of carbonyl (C=O) groups excluding carboxylic acids is 1. The fourth-order valence-electron chi connectivity index (χ4n) is 3.92. The summed E-state index contributed by atoms with van der Waals surface area (Å²) in [6, 6.07) is 10.2. The summed E-state index contributed by atoms with van der Waals surface area (Å²) in [7, 11) is -3.82. The van der Waals surface area contributed by atoms with Gasteiger partial charge in [0.05, 0.1) is 4.90 Å². The van der Waals surface area contributed by atoms with E-state index in [4.69, 9.17) is 5.14 Å². The highest BCUT2D eigenvalue weighted by Gasteiger charge is 2.34. The molecule has 1 saturated carbocycles. The summed E-state index contributed by atoms with van der Waals surface area (Å²) in [5, 5.41) is 11.3. The highest BCUT2D eigenvalue weighted by molar-refractivity contribution is 7.89. The summed E-state index contributed by atoms with van der Waals surface area (Å²) in [6.45, 7) is 0. The van der Waals surface area contributed by atoms with Crippen LogP contribution in [0.5, 0.6) is 0 Å². The molecular weight excluding hydrogens is 459 g/mol. The second-order valence-corrected chi connectivity index (χ2v) is 9.56. The zero-order valence-electron chi connectivity index (χ0n) is 17.3. The van der Waals surface area contributed by atoms with Gasteiger partial charge in [0, 0.05) is 23.8 Å². The smallest absolute Gasteiger partial charge is 0.368 e. The molecule has 1 fully saturated rings. The van der Waals surface area contributed by atoms with Crippen molar-refractivity contribution in [3.63, 3.8) is 0 Å². The molecule has 3 aromatic rings. The molecule has 1 aromatic carbocycles. The second-order valence-electron chi connectivity index (χ2n) is 8.00. The minimum atomic E-state index is -4.52. The molecular formula is C21H22F3N5O3S. The van der Waals surface area contributed by atoms with Gasteiger partial charge in [0.2, 0.25) is 10.0 Å². The summed E-state index contributed by atoms with van der Waals surface area (Å²) >= 11 is 0. The monoisotopic (exact) mass is 481 g/mol. The molecule has 2 heterocycles. The van der Waals surface area contributed by atoms with Crippen molar-refractivity contribution in [2.24, 2.45) is 5.14 Å². The zero-order chi connectivity index (χ0) is 23.8. The van der Waals surface area contributed by atoms with Gasteiger partial charge in [0.25, 0.3) is 5.91 Å². The normalized spacial score (nSPS) is 19.4. The van der Waals surface area contributed by atoms with E-state index in [1.807, 2.05) is 0 Å². The number of nitrogens with zero attached hydrogens (tertiary/aromatic N) is 2. The number of amides is 1. The maximum atomic E-state index is 13.0. The van der Waals surface area contributed by atoms with Crippen LogP contribution in [-0.2, 0) is 16.2 Å². The lowest BCUT2D eigenvalue weighted by Crippen LogP contribution is -2.40. The number of imidazole rings is 1. The van der Waals surface area contributed by atoms with Gasteiger partial charge in [0.15, 0.2) is 5.69 Å². The molecule has 0 unspecified atom stereocenters. The van der Waals surface area contributed by atoms with Gasteiger partial charge >= 0.3 is 6.18 Å².